The Morgan fingerprint density at radius 3 is 2.50 bits per heavy atom. The lowest BCUT2D eigenvalue weighted by atomic mass is 10.1. The molecule has 0 fully saturated rings. The molecule has 0 aliphatic heterocycles. The molecule has 0 amide bonds. The van der Waals surface area contributed by atoms with Crippen LogP contribution in [0.1, 0.15) is 13.8 Å². The van der Waals surface area contributed by atoms with Crippen molar-refractivity contribution in [1.82, 2.24) is 0 Å². The second kappa shape index (κ2) is 4.70. The van der Waals surface area contributed by atoms with Crippen LogP contribution in [0.15, 0.2) is 18.2 Å². The second-order valence-electron chi connectivity index (χ2n) is 4.49. The molecule has 0 aliphatic rings. The molecule has 90 valence electrons. The van der Waals surface area contributed by atoms with E-state index in [1.54, 1.807) is 37.9 Å². The van der Waals surface area contributed by atoms with E-state index in [1.165, 1.54) is 13.2 Å². The summed E-state index contributed by atoms with van der Waals surface area (Å²) in [7, 11) is 3.23. The van der Waals surface area contributed by atoms with Crippen molar-refractivity contribution in [2.45, 2.75) is 19.4 Å². The highest BCUT2D eigenvalue weighted by molar-refractivity contribution is 5.49. The molecule has 1 N–H and O–H groups in total. The Labute approximate surface area is 95.5 Å². The molecule has 0 atom stereocenters. The Kier molecular flexibility index (Phi) is 3.75. The van der Waals surface area contributed by atoms with E-state index in [1.807, 2.05) is 0 Å². The van der Waals surface area contributed by atoms with Crippen LogP contribution >= 0.6 is 0 Å². The number of hydrogen-bond donors (Lipinski definition) is 1. The van der Waals surface area contributed by atoms with Gasteiger partial charge in [-0.05, 0) is 26.0 Å². The first-order valence-electron chi connectivity index (χ1n) is 5.10. The first kappa shape index (κ1) is 12.8. The van der Waals surface area contributed by atoms with E-state index in [0.717, 1.165) is 0 Å². The fraction of sp³-hybridized carbons (Fsp3) is 0.500. The number of benzene rings is 1. The van der Waals surface area contributed by atoms with Crippen LogP contribution in [0, 0.1) is 5.82 Å². The van der Waals surface area contributed by atoms with Crippen LogP contribution in [0.25, 0.3) is 0 Å². The molecule has 0 radical (unpaired) electrons. The standard InChI is InChI=1S/C12H18FNO2/c1-12(2,15)8-14(3)9-5-6-11(16-4)10(13)7-9/h5-7,15H,8H2,1-4H3. The maximum Gasteiger partial charge on any atom is 0.167 e. The normalized spacial score (nSPS) is 11.4. The summed E-state index contributed by atoms with van der Waals surface area (Å²) in [6.45, 7) is 3.85. The average molecular weight is 227 g/mol. The van der Waals surface area contributed by atoms with Crippen LogP contribution in [0.5, 0.6) is 5.75 Å². The molecule has 16 heavy (non-hydrogen) atoms. The number of hydrogen-bond acceptors (Lipinski definition) is 3. The molecule has 1 rings (SSSR count). The van der Waals surface area contributed by atoms with Crippen molar-refractivity contribution in [3.05, 3.63) is 24.0 Å². The van der Waals surface area contributed by atoms with Gasteiger partial charge >= 0.3 is 0 Å². The molecule has 0 aromatic heterocycles. The summed E-state index contributed by atoms with van der Waals surface area (Å²) in [4.78, 5) is 1.79. The van der Waals surface area contributed by atoms with E-state index in [-0.39, 0.29) is 5.75 Å². The number of aliphatic hydroxyl groups is 1. The maximum atomic E-state index is 13.4. The minimum atomic E-state index is -0.814. The van der Waals surface area contributed by atoms with Crippen molar-refractivity contribution in [3.63, 3.8) is 0 Å². The maximum absolute atomic E-state index is 13.4. The fourth-order valence-electron chi connectivity index (χ4n) is 1.56. The molecule has 4 heteroatoms. The smallest absolute Gasteiger partial charge is 0.167 e. The van der Waals surface area contributed by atoms with Gasteiger partial charge in [0.2, 0.25) is 0 Å². The van der Waals surface area contributed by atoms with Gasteiger partial charge in [0.1, 0.15) is 0 Å². The highest BCUT2D eigenvalue weighted by atomic mass is 19.1. The Morgan fingerprint density at radius 2 is 2.06 bits per heavy atom. The molecule has 3 nitrogen and oxygen atoms in total. The van der Waals surface area contributed by atoms with Crippen molar-refractivity contribution in [1.29, 1.82) is 0 Å². The number of methoxy groups -OCH3 is 1. The molecule has 0 saturated heterocycles. The van der Waals surface area contributed by atoms with Crippen LogP contribution in [-0.4, -0.2) is 31.4 Å². The zero-order chi connectivity index (χ0) is 12.3. The van der Waals surface area contributed by atoms with E-state index in [2.05, 4.69) is 0 Å². The van der Waals surface area contributed by atoms with Crippen LogP contribution in [0.3, 0.4) is 0 Å². The van der Waals surface area contributed by atoms with Crippen LogP contribution in [-0.2, 0) is 0 Å². The van der Waals surface area contributed by atoms with E-state index < -0.39 is 11.4 Å². The Morgan fingerprint density at radius 1 is 1.44 bits per heavy atom. The van der Waals surface area contributed by atoms with Gasteiger partial charge in [-0.15, -0.1) is 0 Å². The second-order valence-corrected chi connectivity index (χ2v) is 4.49. The molecule has 0 aliphatic carbocycles. The van der Waals surface area contributed by atoms with Gasteiger partial charge in [-0.2, -0.15) is 0 Å². The van der Waals surface area contributed by atoms with E-state index in [0.29, 0.717) is 12.2 Å². The number of likely N-dealkylation sites (N-methyl/N-ethyl adjacent to an activating group) is 1. The third-order valence-corrected chi connectivity index (χ3v) is 2.20. The average Bonchev–Trinajstić information content (AvgIpc) is 2.15. The van der Waals surface area contributed by atoms with Crippen molar-refractivity contribution in [2.75, 3.05) is 25.6 Å². The van der Waals surface area contributed by atoms with Gasteiger partial charge in [-0.1, -0.05) is 0 Å². The molecule has 0 unspecified atom stereocenters. The van der Waals surface area contributed by atoms with Gasteiger partial charge in [0.15, 0.2) is 11.6 Å². The highest BCUT2D eigenvalue weighted by Gasteiger charge is 2.16. The highest BCUT2D eigenvalue weighted by Crippen LogP contribution is 2.23. The van der Waals surface area contributed by atoms with Crippen LogP contribution in [0.2, 0.25) is 0 Å². The lowest BCUT2D eigenvalue weighted by Crippen LogP contribution is -2.36. The monoisotopic (exact) mass is 227 g/mol. The zero-order valence-electron chi connectivity index (χ0n) is 10.1. The molecule has 1 aromatic rings. The summed E-state index contributed by atoms with van der Waals surface area (Å²) >= 11 is 0. The topological polar surface area (TPSA) is 32.7 Å². The minimum Gasteiger partial charge on any atom is -0.494 e. The first-order chi connectivity index (χ1) is 7.33. The summed E-state index contributed by atoms with van der Waals surface area (Å²) < 4.78 is 18.3. The number of nitrogens with zero attached hydrogens (tertiary/aromatic N) is 1. The lowest BCUT2D eigenvalue weighted by Gasteiger charge is -2.27. The fourth-order valence-corrected chi connectivity index (χ4v) is 1.56. The number of ether oxygens (including phenoxy) is 1. The lowest BCUT2D eigenvalue weighted by molar-refractivity contribution is 0.0886. The largest absolute Gasteiger partial charge is 0.494 e. The van der Waals surface area contributed by atoms with Crippen molar-refractivity contribution < 1.29 is 14.2 Å². The third-order valence-electron chi connectivity index (χ3n) is 2.20. The van der Waals surface area contributed by atoms with Gasteiger partial charge < -0.3 is 14.7 Å². The summed E-state index contributed by atoms with van der Waals surface area (Å²) in [5.74, 6) is -0.178. The SMILES string of the molecule is COc1ccc(N(C)CC(C)(C)O)cc1F. The molecule has 0 bridgehead atoms. The predicted octanol–water partition coefficient (Wildman–Crippen LogP) is 2.04. The summed E-state index contributed by atoms with van der Waals surface area (Å²) in [6, 6.07) is 4.73. The summed E-state index contributed by atoms with van der Waals surface area (Å²) in [6.07, 6.45) is 0. The van der Waals surface area contributed by atoms with Gasteiger partial charge in [-0.3, -0.25) is 0 Å². The zero-order valence-corrected chi connectivity index (χ0v) is 10.1. The number of rotatable bonds is 4. The number of anilines is 1. The van der Waals surface area contributed by atoms with Gasteiger partial charge in [0.25, 0.3) is 0 Å². The summed E-state index contributed by atoms with van der Waals surface area (Å²) in [5, 5.41) is 9.66. The van der Waals surface area contributed by atoms with E-state index in [9.17, 15) is 9.50 Å². The summed E-state index contributed by atoms with van der Waals surface area (Å²) in [5.41, 5.74) is -0.106. The Bertz CT molecular complexity index is 361. The van der Waals surface area contributed by atoms with Gasteiger partial charge in [0, 0.05) is 25.3 Å². The van der Waals surface area contributed by atoms with Crippen molar-refractivity contribution in [2.24, 2.45) is 0 Å². The van der Waals surface area contributed by atoms with Crippen molar-refractivity contribution >= 4 is 5.69 Å². The number of halogens is 1. The first-order valence-corrected chi connectivity index (χ1v) is 5.10. The quantitative estimate of drug-likeness (QED) is 0.854. The molecule has 1 aromatic carbocycles. The molecule has 0 spiro atoms. The van der Waals surface area contributed by atoms with Gasteiger partial charge in [0.05, 0.1) is 12.7 Å². The van der Waals surface area contributed by atoms with Gasteiger partial charge in [-0.25, -0.2) is 4.39 Å². The minimum absolute atomic E-state index is 0.223. The van der Waals surface area contributed by atoms with E-state index in [4.69, 9.17) is 4.74 Å². The van der Waals surface area contributed by atoms with E-state index >= 15 is 0 Å². The molecular weight excluding hydrogens is 209 g/mol. The Hall–Kier alpha value is -1.29. The van der Waals surface area contributed by atoms with Crippen LogP contribution in [0.4, 0.5) is 10.1 Å². The molecular formula is C12H18FNO2. The molecule has 0 saturated carbocycles. The molecule has 0 heterocycles. The predicted molar refractivity (Wildman–Crippen MR) is 62.5 cm³/mol. The Balaban J connectivity index is 2.85. The van der Waals surface area contributed by atoms with Crippen molar-refractivity contribution in [3.8, 4) is 5.75 Å². The van der Waals surface area contributed by atoms with Crippen LogP contribution < -0.4 is 9.64 Å². The third kappa shape index (κ3) is 3.38.